The summed E-state index contributed by atoms with van der Waals surface area (Å²) in [6.45, 7) is 0.449. The summed E-state index contributed by atoms with van der Waals surface area (Å²) in [7, 11) is 0. The highest BCUT2D eigenvalue weighted by molar-refractivity contribution is 5.98. The zero-order valence-corrected chi connectivity index (χ0v) is 17.8. The number of carboxylic acid groups (broad SMARTS) is 1. The van der Waals surface area contributed by atoms with Crippen molar-refractivity contribution in [2.75, 3.05) is 6.54 Å². The van der Waals surface area contributed by atoms with Crippen LogP contribution in [0, 0.1) is 0 Å². The number of fused-ring (bicyclic) bond motifs is 1. The van der Waals surface area contributed by atoms with Gasteiger partial charge in [0, 0.05) is 11.9 Å². The Bertz CT molecular complexity index is 1170. The number of unbranched alkanes of at least 4 members (excludes halogenated alkanes) is 1. The van der Waals surface area contributed by atoms with Crippen molar-refractivity contribution in [3.63, 3.8) is 0 Å². The third-order valence-corrected chi connectivity index (χ3v) is 4.89. The first-order valence-electron chi connectivity index (χ1n) is 10.4. The van der Waals surface area contributed by atoms with Crippen LogP contribution in [0.15, 0.2) is 69.9 Å². The van der Waals surface area contributed by atoms with E-state index in [2.05, 4.69) is 10.6 Å². The van der Waals surface area contributed by atoms with Crippen molar-refractivity contribution in [2.24, 2.45) is 0 Å². The lowest BCUT2D eigenvalue weighted by Gasteiger charge is -2.14. The Hall–Kier alpha value is -4.14. The number of nitrogens with one attached hydrogen (secondary N) is 2. The lowest BCUT2D eigenvalue weighted by atomic mass is 10.1. The number of benzene rings is 2. The van der Waals surface area contributed by atoms with Crippen molar-refractivity contribution in [3.05, 3.63) is 82.2 Å². The van der Waals surface area contributed by atoms with Crippen LogP contribution in [0.3, 0.4) is 0 Å². The van der Waals surface area contributed by atoms with E-state index in [1.165, 1.54) is 6.07 Å². The number of para-hydroxylation sites is 1. The lowest BCUT2D eigenvalue weighted by molar-refractivity contribution is -0.139. The van der Waals surface area contributed by atoms with Gasteiger partial charge in [-0.05, 0) is 37.0 Å². The largest absolute Gasteiger partial charge is 0.480 e. The van der Waals surface area contributed by atoms with Gasteiger partial charge in [-0.25, -0.2) is 14.4 Å². The van der Waals surface area contributed by atoms with Crippen LogP contribution in [-0.4, -0.2) is 35.7 Å². The zero-order chi connectivity index (χ0) is 23.6. The molecule has 1 aromatic heterocycles. The summed E-state index contributed by atoms with van der Waals surface area (Å²) < 4.78 is 10.2. The molecule has 2 amide bonds. The molecule has 0 saturated carbocycles. The van der Waals surface area contributed by atoms with Crippen molar-refractivity contribution >= 4 is 28.9 Å². The maximum Gasteiger partial charge on any atom is 0.407 e. The summed E-state index contributed by atoms with van der Waals surface area (Å²) in [6.07, 6.45) is 0.464. The number of hydrogen-bond acceptors (Lipinski definition) is 6. The Labute approximate surface area is 189 Å². The molecule has 9 nitrogen and oxygen atoms in total. The van der Waals surface area contributed by atoms with E-state index < -0.39 is 29.6 Å². The molecule has 33 heavy (non-hydrogen) atoms. The predicted molar refractivity (Wildman–Crippen MR) is 120 cm³/mol. The summed E-state index contributed by atoms with van der Waals surface area (Å²) in [6, 6.07) is 16.2. The Balaban J connectivity index is 1.44. The van der Waals surface area contributed by atoms with Gasteiger partial charge in [0.2, 0.25) is 0 Å². The number of amides is 2. The molecule has 0 radical (unpaired) electrons. The van der Waals surface area contributed by atoms with E-state index in [-0.39, 0.29) is 18.6 Å². The molecule has 0 saturated heterocycles. The number of carbonyl (C=O) groups is 3. The number of carboxylic acids is 1. The molecule has 3 rings (SSSR count). The lowest BCUT2D eigenvalue weighted by Crippen LogP contribution is -2.42. The highest BCUT2D eigenvalue weighted by atomic mass is 16.5. The molecule has 2 aromatic carbocycles. The fraction of sp³-hybridized carbons (Fsp3) is 0.250. The van der Waals surface area contributed by atoms with E-state index in [9.17, 15) is 24.3 Å². The van der Waals surface area contributed by atoms with Crippen LogP contribution >= 0.6 is 0 Å². The second kappa shape index (κ2) is 11.5. The zero-order valence-electron chi connectivity index (χ0n) is 17.8. The highest BCUT2D eigenvalue weighted by Crippen LogP contribution is 2.13. The van der Waals surface area contributed by atoms with Crippen molar-refractivity contribution in [3.8, 4) is 0 Å². The maximum atomic E-state index is 12.5. The number of ether oxygens (including phenoxy) is 1. The number of aliphatic carboxylic acids is 1. The van der Waals surface area contributed by atoms with Crippen LogP contribution in [-0.2, 0) is 16.1 Å². The van der Waals surface area contributed by atoms with Crippen LogP contribution in [0.1, 0.15) is 35.2 Å². The van der Waals surface area contributed by atoms with Gasteiger partial charge in [0.15, 0.2) is 0 Å². The summed E-state index contributed by atoms with van der Waals surface area (Å²) in [4.78, 5) is 47.9. The quantitative estimate of drug-likeness (QED) is 0.318. The number of rotatable bonds is 10. The maximum absolute atomic E-state index is 12.5. The van der Waals surface area contributed by atoms with Crippen LogP contribution in [0.2, 0.25) is 0 Å². The molecule has 0 unspecified atom stereocenters. The van der Waals surface area contributed by atoms with Gasteiger partial charge in [-0.1, -0.05) is 48.5 Å². The summed E-state index contributed by atoms with van der Waals surface area (Å²) in [5.41, 5.74) is 0.105. The van der Waals surface area contributed by atoms with Gasteiger partial charge in [-0.3, -0.25) is 4.79 Å². The third-order valence-electron chi connectivity index (χ3n) is 4.89. The normalized spacial score (nSPS) is 11.5. The van der Waals surface area contributed by atoms with Crippen molar-refractivity contribution in [1.82, 2.24) is 10.6 Å². The molecule has 0 aliphatic heterocycles. The van der Waals surface area contributed by atoms with Gasteiger partial charge in [-0.15, -0.1) is 0 Å². The Morgan fingerprint density at radius 3 is 2.48 bits per heavy atom. The fourth-order valence-corrected chi connectivity index (χ4v) is 3.15. The molecule has 172 valence electrons. The van der Waals surface area contributed by atoms with E-state index in [0.29, 0.717) is 30.4 Å². The van der Waals surface area contributed by atoms with Gasteiger partial charge >= 0.3 is 17.7 Å². The minimum atomic E-state index is -1.22. The highest BCUT2D eigenvalue weighted by Gasteiger charge is 2.22. The Morgan fingerprint density at radius 1 is 1.00 bits per heavy atom. The van der Waals surface area contributed by atoms with Crippen LogP contribution in [0.5, 0.6) is 0 Å². The van der Waals surface area contributed by atoms with Crippen molar-refractivity contribution in [1.29, 1.82) is 0 Å². The standard InChI is InChI=1S/C24H24N2O7/c27-21(18-14-17-10-4-5-12-20(17)33-23(18)30)26-19(22(28)29)11-6-7-13-25-24(31)32-15-16-8-2-1-3-9-16/h1-5,8-10,12,14,19H,6-7,11,13,15H2,(H,25,31)(H,26,27)(H,28,29)/t19-/m0/s1. The van der Waals surface area contributed by atoms with Gasteiger partial charge in [0.05, 0.1) is 0 Å². The molecule has 1 atom stereocenters. The molecule has 0 spiro atoms. The minimum absolute atomic E-state index is 0.126. The fourth-order valence-electron chi connectivity index (χ4n) is 3.15. The SMILES string of the molecule is O=C(NCCCC[C@H](NC(=O)c1cc2ccccc2oc1=O)C(=O)O)OCc1ccccc1. The number of alkyl carbamates (subject to hydrolysis) is 1. The molecule has 0 aliphatic rings. The van der Waals surface area contributed by atoms with E-state index in [4.69, 9.17) is 9.15 Å². The first kappa shape index (κ1) is 23.5. The second-order valence-electron chi connectivity index (χ2n) is 7.33. The van der Waals surface area contributed by atoms with E-state index in [1.54, 1.807) is 24.3 Å². The predicted octanol–water partition coefficient (Wildman–Crippen LogP) is 3.07. The van der Waals surface area contributed by atoms with Crippen molar-refractivity contribution in [2.45, 2.75) is 31.9 Å². The van der Waals surface area contributed by atoms with Gasteiger partial charge in [0.1, 0.15) is 23.8 Å². The van der Waals surface area contributed by atoms with E-state index in [1.807, 2.05) is 30.3 Å². The molecule has 0 bridgehead atoms. The minimum Gasteiger partial charge on any atom is -0.480 e. The van der Waals surface area contributed by atoms with Crippen LogP contribution in [0.4, 0.5) is 4.79 Å². The molecule has 0 fully saturated rings. The summed E-state index contributed by atoms with van der Waals surface area (Å²) >= 11 is 0. The van der Waals surface area contributed by atoms with Crippen LogP contribution in [0.25, 0.3) is 11.0 Å². The Kier molecular flexibility index (Phi) is 8.18. The van der Waals surface area contributed by atoms with Crippen molar-refractivity contribution < 1.29 is 28.6 Å². The number of hydrogen-bond donors (Lipinski definition) is 3. The summed E-state index contributed by atoms with van der Waals surface area (Å²) in [5.74, 6) is -2.03. The first-order valence-corrected chi connectivity index (χ1v) is 10.4. The molecule has 3 aromatic rings. The molecule has 0 aliphatic carbocycles. The van der Waals surface area contributed by atoms with Crippen LogP contribution < -0.4 is 16.3 Å². The van der Waals surface area contributed by atoms with Gasteiger partial charge < -0.3 is 24.9 Å². The first-order chi connectivity index (χ1) is 15.9. The van der Waals surface area contributed by atoms with E-state index in [0.717, 1.165) is 5.56 Å². The molecule has 3 N–H and O–H groups in total. The van der Waals surface area contributed by atoms with Gasteiger partial charge in [0.25, 0.3) is 5.91 Å². The smallest absolute Gasteiger partial charge is 0.407 e. The molecule has 1 heterocycles. The molecule has 9 heteroatoms. The molecular formula is C24H24N2O7. The van der Waals surface area contributed by atoms with Gasteiger partial charge in [-0.2, -0.15) is 0 Å². The topological polar surface area (TPSA) is 135 Å². The molecular weight excluding hydrogens is 428 g/mol. The van der Waals surface area contributed by atoms with E-state index >= 15 is 0 Å². The Morgan fingerprint density at radius 2 is 1.73 bits per heavy atom. The average molecular weight is 452 g/mol. The average Bonchev–Trinajstić information content (AvgIpc) is 2.81. The third kappa shape index (κ3) is 6.93. The second-order valence-corrected chi connectivity index (χ2v) is 7.33. The number of carbonyl (C=O) groups excluding carboxylic acids is 2. The monoisotopic (exact) mass is 452 g/mol. The summed E-state index contributed by atoms with van der Waals surface area (Å²) in [5, 5.41) is 14.9.